The van der Waals surface area contributed by atoms with Gasteiger partial charge in [0.05, 0.1) is 5.69 Å². The molecule has 0 unspecified atom stereocenters. The van der Waals surface area contributed by atoms with Crippen molar-refractivity contribution in [1.82, 2.24) is 20.3 Å². The minimum atomic E-state index is 0. The highest BCUT2D eigenvalue weighted by atomic mass is 127. The van der Waals surface area contributed by atoms with Crippen molar-refractivity contribution in [2.24, 2.45) is 10.9 Å². The first-order chi connectivity index (χ1) is 10.8. The molecule has 0 aromatic carbocycles. The Morgan fingerprint density at radius 3 is 2.52 bits per heavy atom. The summed E-state index contributed by atoms with van der Waals surface area (Å²) < 4.78 is 4.89. The van der Waals surface area contributed by atoms with Crippen molar-refractivity contribution >= 4 is 29.9 Å². The first kappa shape index (κ1) is 20.2. The van der Waals surface area contributed by atoms with Crippen LogP contribution >= 0.6 is 24.0 Å². The van der Waals surface area contributed by atoms with Crippen molar-refractivity contribution in [3.05, 3.63) is 18.0 Å². The third-order valence-electron chi connectivity index (χ3n) is 4.46. The van der Waals surface area contributed by atoms with E-state index in [1.54, 1.807) is 6.26 Å². The van der Waals surface area contributed by atoms with Crippen molar-refractivity contribution < 1.29 is 4.52 Å². The van der Waals surface area contributed by atoms with Crippen molar-refractivity contribution in [2.75, 3.05) is 39.8 Å². The van der Waals surface area contributed by atoms with Crippen LogP contribution in [-0.2, 0) is 6.54 Å². The molecule has 0 aliphatic carbocycles. The van der Waals surface area contributed by atoms with E-state index in [0.29, 0.717) is 0 Å². The fraction of sp³-hybridized carbons (Fsp3) is 0.750. The Kier molecular flexibility index (Phi) is 9.54. The van der Waals surface area contributed by atoms with E-state index >= 15 is 0 Å². The third-order valence-corrected chi connectivity index (χ3v) is 4.46. The Hall–Kier alpha value is -0.830. The maximum absolute atomic E-state index is 4.89. The Balaban J connectivity index is 0.00000264. The fourth-order valence-corrected chi connectivity index (χ4v) is 2.81. The van der Waals surface area contributed by atoms with E-state index in [0.717, 1.165) is 56.8 Å². The second-order valence-corrected chi connectivity index (χ2v) is 5.86. The van der Waals surface area contributed by atoms with Crippen LogP contribution in [0, 0.1) is 5.92 Å². The fourth-order valence-electron chi connectivity index (χ4n) is 2.81. The van der Waals surface area contributed by atoms with Crippen LogP contribution in [0.5, 0.6) is 0 Å². The van der Waals surface area contributed by atoms with E-state index in [1.807, 2.05) is 13.1 Å². The van der Waals surface area contributed by atoms with E-state index in [-0.39, 0.29) is 24.0 Å². The van der Waals surface area contributed by atoms with Crippen LogP contribution in [0.2, 0.25) is 0 Å². The molecular weight excluding hydrogens is 405 g/mol. The van der Waals surface area contributed by atoms with Crippen LogP contribution in [0.1, 0.15) is 32.4 Å². The Morgan fingerprint density at radius 1 is 1.30 bits per heavy atom. The summed E-state index contributed by atoms with van der Waals surface area (Å²) in [6.45, 7) is 10.4. The summed E-state index contributed by atoms with van der Waals surface area (Å²) >= 11 is 0. The zero-order valence-electron chi connectivity index (χ0n) is 14.5. The third kappa shape index (κ3) is 6.29. The average Bonchev–Trinajstić information content (AvgIpc) is 3.06. The monoisotopic (exact) mass is 435 g/mol. The molecule has 1 aliphatic rings. The number of hydrogen-bond acceptors (Lipinski definition) is 4. The van der Waals surface area contributed by atoms with Crippen LogP contribution in [0.25, 0.3) is 0 Å². The number of aromatic nitrogens is 1. The van der Waals surface area contributed by atoms with Crippen LogP contribution in [0.4, 0.5) is 0 Å². The maximum Gasteiger partial charge on any atom is 0.193 e. The summed E-state index contributed by atoms with van der Waals surface area (Å²) in [4.78, 5) is 9.19. The molecule has 0 saturated carbocycles. The lowest BCUT2D eigenvalue weighted by Crippen LogP contribution is -2.52. The SMILES string of the molecule is CCC(CC)CNC(=NC)N1CCN(Cc2ccon2)CC1.I. The molecule has 6 nitrogen and oxygen atoms in total. The van der Waals surface area contributed by atoms with Gasteiger partial charge in [0.2, 0.25) is 0 Å². The number of nitrogens with one attached hydrogen (secondary N) is 1. The topological polar surface area (TPSA) is 56.9 Å². The summed E-state index contributed by atoms with van der Waals surface area (Å²) in [5.74, 6) is 1.76. The molecule has 1 aromatic heterocycles. The number of aliphatic imine (C=N–C) groups is 1. The molecule has 0 amide bonds. The molecule has 0 bridgehead atoms. The van der Waals surface area contributed by atoms with Gasteiger partial charge in [0, 0.05) is 52.4 Å². The summed E-state index contributed by atoms with van der Waals surface area (Å²) in [5, 5.41) is 7.51. The second-order valence-electron chi connectivity index (χ2n) is 5.86. The van der Waals surface area contributed by atoms with Gasteiger partial charge < -0.3 is 14.7 Å². The Bertz CT molecular complexity index is 439. The highest BCUT2D eigenvalue weighted by molar-refractivity contribution is 14.0. The molecule has 0 radical (unpaired) electrons. The van der Waals surface area contributed by atoms with Gasteiger partial charge in [0.1, 0.15) is 6.26 Å². The molecule has 7 heteroatoms. The summed E-state index contributed by atoms with van der Waals surface area (Å²) in [6.07, 6.45) is 4.06. The van der Waals surface area contributed by atoms with E-state index < -0.39 is 0 Å². The first-order valence-corrected chi connectivity index (χ1v) is 8.34. The largest absolute Gasteiger partial charge is 0.364 e. The molecule has 1 aromatic rings. The predicted octanol–water partition coefficient (Wildman–Crippen LogP) is 2.42. The highest BCUT2D eigenvalue weighted by Gasteiger charge is 2.20. The molecule has 0 atom stereocenters. The standard InChI is InChI=1S/C16H29N5O.HI/c1-4-14(5-2)12-18-16(17-3)21-9-7-20(8-10-21)13-15-6-11-22-19-15;/h6,11,14H,4-5,7-10,12-13H2,1-3H3,(H,17,18);1H. The molecule has 1 aliphatic heterocycles. The molecule has 1 fully saturated rings. The summed E-state index contributed by atoms with van der Waals surface area (Å²) in [5.41, 5.74) is 1.00. The van der Waals surface area contributed by atoms with Crippen molar-refractivity contribution in [3.8, 4) is 0 Å². The smallest absolute Gasteiger partial charge is 0.193 e. The quantitative estimate of drug-likeness (QED) is 0.423. The molecule has 1 N–H and O–H groups in total. The van der Waals surface area contributed by atoms with Gasteiger partial charge in [-0.05, 0) is 5.92 Å². The van der Waals surface area contributed by atoms with Crippen LogP contribution in [-0.4, -0.2) is 60.7 Å². The number of rotatable bonds is 6. The van der Waals surface area contributed by atoms with Crippen molar-refractivity contribution in [1.29, 1.82) is 0 Å². The molecule has 1 saturated heterocycles. The van der Waals surface area contributed by atoms with E-state index in [4.69, 9.17) is 4.52 Å². The second kappa shape index (κ2) is 10.9. The van der Waals surface area contributed by atoms with Gasteiger partial charge >= 0.3 is 0 Å². The Labute approximate surface area is 156 Å². The molecule has 2 heterocycles. The maximum atomic E-state index is 4.89. The Morgan fingerprint density at radius 2 is 2.00 bits per heavy atom. The molecule has 23 heavy (non-hydrogen) atoms. The van der Waals surface area contributed by atoms with Crippen molar-refractivity contribution in [3.63, 3.8) is 0 Å². The minimum Gasteiger partial charge on any atom is -0.364 e. The molecule has 0 spiro atoms. The lowest BCUT2D eigenvalue weighted by atomic mass is 10.0. The molecule has 132 valence electrons. The van der Waals surface area contributed by atoms with E-state index in [2.05, 4.69) is 39.1 Å². The summed E-state index contributed by atoms with van der Waals surface area (Å²) in [7, 11) is 1.87. The number of guanidine groups is 1. The number of nitrogens with zero attached hydrogens (tertiary/aromatic N) is 4. The van der Waals surface area contributed by atoms with Gasteiger partial charge in [0.15, 0.2) is 5.96 Å². The van der Waals surface area contributed by atoms with E-state index in [1.165, 1.54) is 12.8 Å². The lowest BCUT2D eigenvalue weighted by Gasteiger charge is -2.36. The lowest BCUT2D eigenvalue weighted by molar-refractivity contribution is 0.168. The molecular formula is C16H30IN5O. The van der Waals surface area contributed by atoms with Crippen LogP contribution in [0.15, 0.2) is 21.8 Å². The predicted molar refractivity (Wildman–Crippen MR) is 104 cm³/mol. The normalized spacial score (nSPS) is 16.5. The van der Waals surface area contributed by atoms with Crippen LogP contribution < -0.4 is 5.32 Å². The zero-order chi connectivity index (χ0) is 15.8. The number of hydrogen-bond donors (Lipinski definition) is 1. The van der Waals surface area contributed by atoms with Gasteiger partial charge in [-0.3, -0.25) is 9.89 Å². The van der Waals surface area contributed by atoms with Crippen LogP contribution in [0.3, 0.4) is 0 Å². The van der Waals surface area contributed by atoms with Gasteiger partial charge in [-0.15, -0.1) is 24.0 Å². The summed E-state index contributed by atoms with van der Waals surface area (Å²) in [6, 6.07) is 1.93. The van der Waals surface area contributed by atoms with Gasteiger partial charge in [-0.1, -0.05) is 31.8 Å². The molecule has 2 rings (SSSR count). The van der Waals surface area contributed by atoms with E-state index in [9.17, 15) is 0 Å². The average molecular weight is 435 g/mol. The zero-order valence-corrected chi connectivity index (χ0v) is 16.8. The van der Waals surface area contributed by atoms with Gasteiger partial charge in [-0.25, -0.2) is 0 Å². The van der Waals surface area contributed by atoms with Gasteiger partial charge in [-0.2, -0.15) is 0 Å². The highest BCUT2D eigenvalue weighted by Crippen LogP contribution is 2.09. The van der Waals surface area contributed by atoms with Gasteiger partial charge in [0.25, 0.3) is 0 Å². The minimum absolute atomic E-state index is 0. The first-order valence-electron chi connectivity index (χ1n) is 8.34. The number of halogens is 1. The number of piperazine rings is 1. The van der Waals surface area contributed by atoms with Crippen molar-refractivity contribution in [2.45, 2.75) is 33.2 Å².